The molecule has 0 aliphatic carbocycles. The van der Waals surface area contributed by atoms with Crippen molar-refractivity contribution in [1.29, 1.82) is 0 Å². The maximum absolute atomic E-state index is 10.4. The Morgan fingerprint density at radius 1 is 1.64 bits per heavy atom. The zero-order valence-corrected chi connectivity index (χ0v) is 8.36. The molecule has 1 atom stereocenters. The van der Waals surface area contributed by atoms with Gasteiger partial charge in [-0.3, -0.25) is 10.1 Å². The zero-order chi connectivity index (χ0) is 10.7. The maximum atomic E-state index is 10.4. The van der Waals surface area contributed by atoms with Gasteiger partial charge in [0.2, 0.25) is 6.04 Å². The number of hydrogen-bond donors (Lipinski definition) is 1. The molecule has 1 aromatic rings. The summed E-state index contributed by atoms with van der Waals surface area (Å²) in [6, 6.07) is 3.79. The van der Waals surface area contributed by atoms with Gasteiger partial charge < -0.3 is 5.11 Å². The second-order valence-electron chi connectivity index (χ2n) is 3.11. The Hall–Kier alpha value is -1.29. The first kappa shape index (κ1) is 10.8. The van der Waals surface area contributed by atoms with E-state index in [1.54, 1.807) is 0 Å². The van der Waals surface area contributed by atoms with Crippen molar-refractivity contribution in [1.82, 2.24) is 0 Å². The number of benzene rings is 1. The fourth-order valence-electron chi connectivity index (χ4n) is 1.11. The fraction of sp³-hybridized carbons (Fsp3) is 0.333. The SMILES string of the molecule is CC(Cc1cc(Cl)ccc1O)[N+](=O)[O-]. The molecule has 0 saturated carbocycles. The average Bonchev–Trinajstić information content (AvgIpc) is 2.11. The molecule has 76 valence electrons. The van der Waals surface area contributed by atoms with Crippen LogP contribution in [0.4, 0.5) is 0 Å². The number of nitro groups is 1. The van der Waals surface area contributed by atoms with Gasteiger partial charge in [-0.2, -0.15) is 0 Å². The van der Waals surface area contributed by atoms with E-state index in [2.05, 4.69) is 0 Å². The van der Waals surface area contributed by atoms with Crippen molar-refractivity contribution in [3.05, 3.63) is 38.9 Å². The Labute approximate surface area is 86.3 Å². The van der Waals surface area contributed by atoms with Crippen LogP contribution in [0.3, 0.4) is 0 Å². The molecule has 0 amide bonds. The van der Waals surface area contributed by atoms with E-state index >= 15 is 0 Å². The van der Waals surface area contributed by atoms with Gasteiger partial charge >= 0.3 is 0 Å². The monoisotopic (exact) mass is 215 g/mol. The summed E-state index contributed by atoms with van der Waals surface area (Å²) in [4.78, 5) is 10.0. The number of halogens is 1. The number of nitrogens with zero attached hydrogens (tertiary/aromatic N) is 1. The molecule has 4 nitrogen and oxygen atoms in total. The molecule has 1 aromatic carbocycles. The lowest BCUT2D eigenvalue weighted by atomic mass is 10.1. The van der Waals surface area contributed by atoms with E-state index in [1.165, 1.54) is 25.1 Å². The summed E-state index contributed by atoms with van der Waals surface area (Å²) < 4.78 is 0. The van der Waals surface area contributed by atoms with Crippen molar-refractivity contribution >= 4 is 11.6 Å². The van der Waals surface area contributed by atoms with Crippen molar-refractivity contribution in [2.45, 2.75) is 19.4 Å². The third-order valence-electron chi connectivity index (χ3n) is 1.92. The Bertz CT molecular complexity index is 354. The van der Waals surface area contributed by atoms with E-state index < -0.39 is 6.04 Å². The average molecular weight is 216 g/mol. The molecule has 1 unspecified atom stereocenters. The minimum atomic E-state index is -0.723. The van der Waals surface area contributed by atoms with Crippen LogP contribution >= 0.6 is 11.6 Å². The van der Waals surface area contributed by atoms with Crippen molar-refractivity contribution in [2.24, 2.45) is 0 Å². The van der Waals surface area contributed by atoms with Crippen LogP contribution < -0.4 is 0 Å². The smallest absolute Gasteiger partial charge is 0.214 e. The first-order chi connectivity index (χ1) is 6.50. The van der Waals surface area contributed by atoms with Crippen molar-refractivity contribution in [3.63, 3.8) is 0 Å². The highest BCUT2D eigenvalue weighted by Gasteiger charge is 2.15. The topological polar surface area (TPSA) is 63.4 Å². The van der Waals surface area contributed by atoms with Crippen LogP contribution in [0, 0.1) is 10.1 Å². The Kier molecular flexibility index (Phi) is 3.30. The highest BCUT2D eigenvalue weighted by atomic mass is 35.5. The number of phenols is 1. The van der Waals surface area contributed by atoms with Crippen LogP contribution in [0.15, 0.2) is 18.2 Å². The molecule has 1 rings (SSSR count). The summed E-state index contributed by atoms with van der Waals surface area (Å²) >= 11 is 5.70. The molecule has 0 saturated heterocycles. The summed E-state index contributed by atoms with van der Waals surface area (Å²) in [5.74, 6) is 0.0445. The summed E-state index contributed by atoms with van der Waals surface area (Å²) in [6.07, 6.45) is 0.180. The van der Waals surface area contributed by atoms with E-state index in [0.717, 1.165) is 0 Å². The quantitative estimate of drug-likeness (QED) is 0.621. The molecule has 14 heavy (non-hydrogen) atoms. The fourth-order valence-corrected chi connectivity index (χ4v) is 1.31. The standard InChI is InChI=1S/C9H10ClNO3/c1-6(11(13)14)4-7-5-8(10)2-3-9(7)12/h2-3,5-6,12H,4H2,1H3. The Morgan fingerprint density at radius 3 is 2.86 bits per heavy atom. The van der Waals surface area contributed by atoms with Gasteiger partial charge in [0.05, 0.1) is 0 Å². The van der Waals surface area contributed by atoms with Crippen LogP contribution in [-0.4, -0.2) is 16.1 Å². The molecule has 1 N–H and O–H groups in total. The van der Waals surface area contributed by atoms with E-state index in [4.69, 9.17) is 11.6 Å². The van der Waals surface area contributed by atoms with Gasteiger partial charge in [-0.1, -0.05) is 11.6 Å². The molecule has 0 heterocycles. The highest BCUT2D eigenvalue weighted by Crippen LogP contribution is 2.23. The minimum Gasteiger partial charge on any atom is -0.508 e. The molecule has 0 bridgehead atoms. The minimum absolute atomic E-state index is 0.0445. The van der Waals surface area contributed by atoms with Gasteiger partial charge in [0.1, 0.15) is 5.75 Å². The first-order valence-electron chi connectivity index (χ1n) is 4.11. The van der Waals surface area contributed by atoms with E-state index in [1.807, 2.05) is 0 Å². The molecule has 5 heteroatoms. The van der Waals surface area contributed by atoms with Gasteiger partial charge in [-0.05, 0) is 18.2 Å². The lowest BCUT2D eigenvalue weighted by molar-refractivity contribution is -0.517. The molecular formula is C9H10ClNO3. The molecule has 0 aliphatic rings. The Morgan fingerprint density at radius 2 is 2.29 bits per heavy atom. The van der Waals surface area contributed by atoms with Gasteiger partial charge in [0, 0.05) is 28.9 Å². The number of rotatable bonds is 3. The predicted octanol–water partition coefficient (Wildman–Crippen LogP) is 2.25. The van der Waals surface area contributed by atoms with Crippen molar-refractivity contribution < 1.29 is 10.0 Å². The Balaban J connectivity index is 2.85. The maximum Gasteiger partial charge on any atom is 0.214 e. The molecule has 0 aliphatic heterocycles. The van der Waals surface area contributed by atoms with Gasteiger partial charge in [0.25, 0.3) is 0 Å². The zero-order valence-electron chi connectivity index (χ0n) is 7.61. The van der Waals surface area contributed by atoms with Crippen LogP contribution in [0.2, 0.25) is 5.02 Å². The number of hydrogen-bond acceptors (Lipinski definition) is 3. The van der Waals surface area contributed by atoms with Crippen molar-refractivity contribution in [3.8, 4) is 5.75 Å². The summed E-state index contributed by atoms with van der Waals surface area (Å²) in [6.45, 7) is 1.49. The van der Waals surface area contributed by atoms with Gasteiger partial charge in [-0.15, -0.1) is 0 Å². The predicted molar refractivity (Wildman–Crippen MR) is 53.3 cm³/mol. The molecule has 0 spiro atoms. The van der Waals surface area contributed by atoms with E-state index in [0.29, 0.717) is 10.6 Å². The molecule has 0 aromatic heterocycles. The second-order valence-corrected chi connectivity index (χ2v) is 3.55. The van der Waals surface area contributed by atoms with Crippen LogP contribution in [0.25, 0.3) is 0 Å². The van der Waals surface area contributed by atoms with Crippen LogP contribution in [0.1, 0.15) is 12.5 Å². The summed E-state index contributed by atoms with van der Waals surface area (Å²) in [5, 5.41) is 20.2. The molecule has 0 fully saturated rings. The second kappa shape index (κ2) is 4.28. The van der Waals surface area contributed by atoms with Gasteiger partial charge in [0.15, 0.2) is 0 Å². The number of phenolic OH excluding ortho intramolecular Hbond substituents is 1. The van der Waals surface area contributed by atoms with E-state index in [9.17, 15) is 15.2 Å². The van der Waals surface area contributed by atoms with E-state index in [-0.39, 0.29) is 17.1 Å². The third-order valence-corrected chi connectivity index (χ3v) is 2.15. The normalized spacial score (nSPS) is 12.4. The van der Waals surface area contributed by atoms with Gasteiger partial charge in [-0.25, -0.2) is 0 Å². The highest BCUT2D eigenvalue weighted by molar-refractivity contribution is 6.30. The molecule has 0 radical (unpaired) electrons. The summed E-state index contributed by atoms with van der Waals surface area (Å²) in [7, 11) is 0. The van der Waals surface area contributed by atoms with Crippen molar-refractivity contribution in [2.75, 3.05) is 0 Å². The number of aromatic hydroxyl groups is 1. The van der Waals surface area contributed by atoms with Crippen LogP contribution in [0.5, 0.6) is 5.75 Å². The largest absolute Gasteiger partial charge is 0.508 e. The summed E-state index contributed by atoms with van der Waals surface area (Å²) in [5.41, 5.74) is 0.502. The lowest BCUT2D eigenvalue weighted by Crippen LogP contribution is -2.17. The third kappa shape index (κ3) is 2.60. The molecular weight excluding hydrogens is 206 g/mol. The lowest BCUT2D eigenvalue weighted by Gasteiger charge is -2.06. The first-order valence-corrected chi connectivity index (χ1v) is 4.49. The van der Waals surface area contributed by atoms with Crippen LogP contribution in [-0.2, 0) is 6.42 Å².